The number of benzene rings is 1. The summed E-state index contributed by atoms with van der Waals surface area (Å²) in [4.78, 5) is 0. The van der Waals surface area contributed by atoms with Crippen molar-refractivity contribution >= 4 is 11.0 Å². The maximum atomic E-state index is 14.4. The van der Waals surface area contributed by atoms with Crippen LogP contribution in [0.15, 0.2) is 28.7 Å². The number of aryl methyl sites for hydroxylation is 1. The topological polar surface area (TPSA) is 39.2 Å². The molecule has 2 rings (SSSR count). The van der Waals surface area contributed by atoms with E-state index in [4.69, 9.17) is 10.2 Å². The summed E-state index contributed by atoms with van der Waals surface area (Å²) in [6, 6.07) is 7.64. The van der Waals surface area contributed by atoms with Crippen molar-refractivity contribution in [1.82, 2.24) is 0 Å². The largest absolute Gasteiger partial charge is 0.458 e. The predicted octanol–water partition coefficient (Wildman–Crippen LogP) is 3.98. The second-order valence-electron chi connectivity index (χ2n) is 5.19. The zero-order valence-corrected chi connectivity index (χ0v) is 11.1. The van der Waals surface area contributed by atoms with Crippen LogP contribution in [-0.2, 0) is 0 Å². The first-order valence-corrected chi connectivity index (χ1v) is 6.37. The highest BCUT2D eigenvalue weighted by Gasteiger charge is 2.27. The van der Waals surface area contributed by atoms with Crippen LogP contribution in [0.5, 0.6) is 0 Å². The third kappa shape index (κ3) is 2.27. The minimum atomic E-state index is -1.14. The lowest BCUT2D eigenvalue weighted by Gasteiger charge is -2.21. The molecule has 0 aliphatic heterocycles. The first-order valence-electron chi connectivity index (χ1n) is 6.37. The van der Waals surface area contributed by atoms with Crippen LogP contribution in [-0.4, -0.2) is 6.54 Å². The van der Waals surface area contributed by atoms with Crippen LogP contribution in [0, 0.1) is 18.8 Å². The van der Waals surface area contributed by atoms with Crippen molar-refractivity contribution < 1.29 is 8.81 Å². The van der Waals surface area contributed by atoms with E-state index in [2.05, 4.69) is 0 Å². The third-order valence-corrected chi connectivity index (χ3v) is 3.54. The number of hydrogen-bond acceptors (Lipinski definition) is 2. The van der Waals surface area contributed by atoms with Gasteiger partial charge in [0.2, 0.25) is 0 Å². The summed E-state index contributed by atoms with van der Waals surface area (Å²) in [5.41, 5.74) is 7.45. The van der Waals surface area contributed by atoms with Gasteiger partial charge >= 0.3 is 0 Å². The van der Waals surface area contributed by atoms with Gasteiger partial charge in [-0.3, -0.25) is 0 Å². The molecule has 0 saturated carbocycles. The zero-order valence-electron chi connectivity index (χ0n) is 11.1. The van der Waals surface area contributed by atoms with E-state index in [0.29, 0.717) is 12.3 Å². The standard InChI is InChI=1S/C15H20FNO/c1-9(2)12(8-17)14(16)13-7-11-6-4-5-10(3)15(11)18-13/h4-7,9,12,14H,8,17H2,1-3H3. The van der Waals surface area contributed by atoms with Gasteiger partial charge in [0.1, 0.15) is 11.3 Å². The summed E-state index contributed by atoms with van der Waals surface area (Å²) >= 11 is 0. The molecule has 2 aromatic rings. The number of alkyl halides is 1. The Morgan fingerprint density at radius 2 is 2.06 bits per heavy atom. The molecular formula is C15H20FNO. The second-order valence-corrected chi connectivity index (χ2v) is 5.19. The van der Waals surface area contributed by atoms with Gasteiger partial charge in [0.25, 0.3) is 0 Å². The molecule has 0 bridgehead atoms. The van der Waals surface area contributed by atoms with Crippen molar-refractivity contribution in [3.05, 3.63) is 35.6 Å². The van der Waals surface area contributed by atoms with Gasteiger partial charge in [-0.1, -0.05) is 32.0 Å². The first kappa shape index (κ1) is 13.1. The number of para-hydroxylation sites is 1. The predicted molar refractivity (Wildman–Crippen MR) is 72.2 cm³/mol. The average molecular weight is 249 g/mol. The lowest BCUT2D eigenvalue weighted by molar-refractivity contribution is 0.164. The molecule has 2 atom stereocenters. The summed E-state index contributed by atoms with van der Waals surface area (Å²) < 4.78 is 20.1. The minimum Gasteiger partial charge on any atom is -0.458 e. The number of furan rings is 1. The molecular weight excluding hydrogens is 229 g/mol. The molecule has 1 aromatic carbocycles. The molecule has 2 N–H and O–H groups in total. The van der Waals surface area contributed by atoms with E-state index < -0.39 is 6.17 Å². The molecule has 98 valence electrons. The second kappa shape index (κ2) is 5.11. The van der Waals surface area contributed by atoms with Gasteiger partial charge in [-0.2, -0.15) is 0 Å². The molecule has 2 nitrogen and oxygen atoms in total. The fourth-order valence-corrected chi connectivity index (χ4v) is 2.31. The monoisotopic (exact) mass is 249 g/mol. The lowest BCUT2D eigenvalue weighted by Crippen LogP contribution is -2.24. The fourth-order valence-electron chi connectivity index (χ4n) is 2.31. The van der Waals surface area contributed by atoms with E-state index in [9.17, 15) is 4.39 Å². The van der Waals surface area contributed by atoms with E-state index >= 15 is 0 Å². The molecule has 0 radical (unpaired) electrons. The van der Waals surface area contributed by atoms with Gasteiger partial charge < -0.3 is 10.2 Å². The molecule has 1 heterocycles. The first-order chi connectivity index (χ1) is 8.54. The van der Waals surface area contributed by atoms with Crippen molar-refractivity contribution in [3.63, 3.8) is 0 Å². The maximum absolute atomic E-state index is 14.4. The molecule has 2 unspecified atom stereocenters. The Kier molecular flexibility index (Phi) is 3.71. The maximum Gasteiger partial charge on any atom is 0.162 e. The summed E-state index contributed by atoms with van der Waals surface area (Å²) in [5.74, 6) is 0.383. The highest BCUT2D eigenvalue weighted by molar-refractivity contribution is 5.80. The van der Waals surface area contributed by atoms with Crippen LogP contribution < -0.4 is 5.73 Å². The summed E-state index contributed by atoms with van der Waals surface area (Å²) in [7, 11) is 0. The Bertz CT molecular complexity index is 532. The molecule has 0 fully saturated rings. The SMILES string of the molecule is Cc1cccc2cc(C(F)C(CN)C(C)C)oc12. The number of halogens is 1. The summed E-state index contributed by atoms with van der Waals surface area (Å²) in [6.07, 6.45) is -1.14. The van der Waals surface area contributed by atoms with Gasteiger partial charge in [-0.15, -0.1) is 0 Å². The van der Waals surface area contributed by atoms with E-state index in [1.54, 1.807) is 6.07 Å². The zero-order chi connectivity index (χ0) is 13.3. The van der Waals surface area contributed by atoms with E-state index in [0.717, 1.165) is 16.5 Å². The van der Waals surface area contributed by atoms with Gasteiger partial charge in [0.15, 0.2) is 6.17 Å². The van der Waals surface area contributed by atoms with E-state index in [-0.39, 0.29) is 11.8 Å². The fraction of sp³-hybridized carbons (Fsp3) is 0.467. The Balaban J connectivity index is 2.39. The van der Waals surface area contributed by atoms with Crippen LogP contribution in [0.1, 0.15) is 31.3 Å². The third-order valence-electron chi connectivity index (χ3n) is 3.54. The molecule has 0 saturated heterocycles. The average Bonchev–Trinajstić information content (AvgIpc) is 2.74. The lowest BCUT2D eigenvalue weighted by atomic mass is 9.90. The Hall–Kier alpha value is -1.35. The van der Waals surface area contributed by atoms with Crippen LogP contribution in [0.3, 0.4) is 0 Å². The molecule has 3 heteroatoms. The van der Waals surface area contributed by atoms with Crippen molar-refractivity contribution in [1.29, 1.82) is 0 Å². The van der Waals surface area contributed by atoms with Crippen LogP contribution >= 0.6 is 0 Å². The molecule has 0 amide bonds. The van der Waals surface area contributed by atoms with Gasteiger partial charge in [0, 0.05) is 11.3 Å². The number of nitrogens with two attached hydrogens (primary N) is 1. The summed E-state index contributed by atoms with van der Waals surface area (Å²) in [5, 5.41) is 0.951. The van der Waals surface area contributed by atoms with Crippen molar-refractivity contribution in [2.24, 2.45) is 17.6 Å². The minimum absolute atomic E-state index is 0.194. The molecule has 0 spiro atoms. The van der Waals surface area contributed by atoms with Crippen LogP contribution in [0.4, 0.5) is 4.39 Å². The highest BCUT2D eigenvalue weighted by atomic mass is 19.1. The Labute approximate surface area is 107 Å². The number of rotatable bonds is 4. The molecule has 1 aromatic heterocycles. The Morgan fingerprint density at radius 3 is 2.61 bits per heavy atom. The van der Waals surface area contributed by atoms with E-state index in [1.165, 1.54) is 0 Å². The van der Waals surface area contributed by atoms with E-state index in [1.807, 2.05) is 39.0 Å². The molecule has 0 aliphatic rings. The van der Waals surface area contributed by atoms with Crippen LogP contribution in [0.25, 0.3) is 11.0 Å². The highest BCUT2D eigenvalue weighted by Crippen LogP contribution is 2.35. The molecule has 0 aliphatic carbocycles. The number of fused-ring (bicyclic) bond motifs is 1. The molecule has 18 heavy (non-hydrogen) atoms. The smallest absolute Gasteiger partial charge is 0.162 e. The van der Waals surface area contributed by atoms with Gasteiger partial charge in [-0.25, -0.2) is 4.39 Å². The van der Waals surface area contributed by atoms with Crippen LogP contribution in [0.2, 0.25) is 0 Å². The Morgan fingerprint density at radius 1 is 1.33 bits per heavy atom. The quantitative estimate of drug-likeness (QED) is 0.890. The van der Waals surface area contributed by atoms with Crippen molar-refractivity contribution in [2.45, 2.75) is 26.9 Å². The van der Waals surface area contributed by atoms with Gasteiger partial charge in [-0.05, 0) is 31.0 Å². The van der Waals surface area contributed by atoms with Crippen molar-refractivity contribution in [2.75, 3.05) is 6.54 Å². The number of hydrogen-bond donors (Lipinski definition) is 1. The van der Waals surface area contributed by atoms with Crippen molar-refractivity contribution in [3.8, 4) is 0 Å². The van der Waals surface area contributed by atoms with Gasteiger partial charge in [0.05, 0.1) is 0 Å². The normalized spacial score (nSPS) is 15.2. The summed E-state index contributed by atoms with van der Waals surface area (Å²) in [6.45, 7) is 6.26.